The monoisotopic (exact) mass is 211 g/mol. The molecule has 1 aromatic heterocycles. The number of hydrogen-bond acceptors (Lipinski definition) is 4. The number of carbonyl (C=O) groups is 1. The fourth-order valence-electron chi connectivity index (χ4n) is 0.874. The van der Waals surface area contributed by atoms with Gasteiger partial charge in [0.2, 0.25) is 0 Å². The van der Waals surface area contributed by atoms with E-state index in [-0.39, 0.29) is 12.5 Å². The van der Waals surface area contributed by atoms with E-state index in [9.17, 15) is 4.79 Å². The maximum absolute atomic E-state index is 11.1. The summed E-state index contributed by atoms with van der Waals surface area (Å²) in [6.45, 7) is 4.75. The van der Waals surface area contributed by atoms with Gasteiger partial charge in [-0.25, -0.2) is 0 Å². The summed E-state index contributed by atoms with van der Waals surface area (Å²) in [7, 11) is 0. The van der Waals surface area contributed by atoms with Crippen LogP contribution in [-0.2, 0) is 16.1 Å². The Balaban J connectivity index is 2.12. The maximum atomic E-state index is 11.1. The van der Waals surface area contributed by atoms with Gasteiger partial charge in [-0.3, -0.25) is 4.79 Å². The van der Waals surface area contributed by atoms with Crippen LogP contribution in [0.5, 0.6) is 0 Å². The third-order valence-corrected chi connectivity index (χ3v) is 2.36. The summed E-state index contributed by atoms with van der Waals surface area (Å²) < 4.78 is 5.01. The number of ether oxygens (including phenoxy) is 1. The van der Waals surface area contributed by atoms with E-state index in [1.807, 2.05) is 17.5 Å². The van der Waals surface area contributed by atoms with Crippen molar-refractivity contribution in [3.05, 3.63) is 35.0 Å². The van der Waals surface area contributed by atoms with E-state index in [0.29, 0.717) is 13.2 Å². The molecule has 0 bridgehead atoms. The van der Waals surface area contributed by atoms with Gasteiger partial charge in [-0.1, -0.05) is 12.1 Å². The van der Waals surface area contributed by atoms with Gasteiger partial charge < -0.3 is 10.1 Å². The van der Waals surface area contributed by atoms with Crippen LogP contribution in [0.1, 0.15) is 4.88 Å². The van der Waals surface area contributed by atoms with Gasteiger partial charge in [0.15, 0.2) is 0 Å². The summed E-state index contributed by atoms with van der Waals surface area (Å²) in [5, 5.41) is 4.83. The summed E-state index contributed by atoms with van der Waals surface area (Å²) in [4.78, 5) is 12.2. The Hall–Kier alpha value is -1.13. The van der Waals surface area contributed by atoms with Crippen molar-refractivity contribution in [2.45, 2.75) is 6.61 Å². The van der Waals surface area contributed by atoms with Gasteiger partial charge in [0.1, 0.15) is 6.61 Å². The van der Waals surface area contributed by atoms with Crippen LogP contribution in [0, 0.1) is 0 Å². The van der Waals surface area contributed by atoms with E-state index >= 15 is 0 Å². The number of rotatable bonds is 6. The SMILES string of the molecule is C=CCNCC(=O)OCc1cccs1. The van der Waals surface area contributed by atoms with E-state index in [0.717, 1.165) is 4.88 Å². The topological polar surface area (TPSA) is 38.3 Å². The lowest BCUT2D eigenvalue weighted by atomic mass is 10.5. The first kappa shape index (κ1) is 10.9. The van der Waals surface area contributed by atoms with Crippen molar-refractivity contribution in [1.82, 2.24) is 5.32 Å². The molecule has 0 spiro atoms. The molecule has 0 aliphatic carbocycles. The highest BCUT2D eigenvalue weighted by Gasteiger charge is 2.01. The molecule has 3 nitrogen and oxygen atoms in total. The van der Waals surface area contributed by atoms with Gasteiger partial charge in [-0.2, -0.15) is 0 Å². The lowest BCUT2D eigenvalue weighted by Crippen LogP contribution is -2.24. The van der Waals surface area contributed by atoms with Crippen molar-refractivity contribution in [3.63, 3.8) is 0 Å². The van der Waals surface area contributed by atoms with E-state index in [1.165, 1.54) is 0 Å². The molecule has 1 rings (SSSR count). The number of hydrogen-bond donors (Lipinski definition) is 1. The first-order chi connectivity index (χ1) is 6.83. The standard InChI is InChI=1S/C10H13NO2S/c1-2-5-11-7-10(12)13-8-9-4-3-6-14-9/h2-4,6,11H,1,5,7-8H2. The third-order valence-electron chi connectivity index (χ3n) is 1.51. The van der Waals surface area contributed by atoms with Gasteiger partial charge in [0, 0.05) is 11.4 Å². The largest absolute Gasteiger partial charge is 0.459 e. The van der Waals surface area contributed by atoms with Crippen LogP contribution in [0.4, 0.5) is 0 Å². The number of nitrogens with one attached hydrogen (secondary N) is 1. The van der Waals surface area contributed by atoms with E-state index in [4.69, 9.17) is 4.74 Å². The first-order valence-electron chi connectivity index (χ1n) is 4.32. The maximum Gasteiger partial charge on any atom is 0.320 e. The molecule has 0 fully saturated rings. The molecule has 0 unspecified atom stereocenters. The van der Waals surface area contributed by atoms with Crippen LogP contribution in [0.25, 0.3) is 0 Å². The number of thiophene rings is 1. The van der Waals surface area contributed by atoms with Crippen molar-refractivity contribution in [1.29, 1.82) is 0 Å². The molecule has 0 aliphatic rings. The van der Waals surface area contributed by atoms with Crippen molar-refractivity contribution in [2.24, 2.45) is 0 Å². The highest BCUT2D eigenvalue weighted by molar-refractivity contribution is 7.09. The molecule has 1 N–H and O–H groups in total. The Labute approximate surface area is 87.4 Å². The smallest absolute Gasteiger partial charge is 0.320 e. The Kier molecular flexibility index (Phi) is 4.96. The number of esters is 1. The molecule has 0 aliphatic heterocycles. The summed E-state index contributed by atoms with van der Waals surface area (Å²) in [5.74, 6) is -0.236. The molecule has 76 valence electrons. The zero-order chi connectivity index (χ0) is 10.2. The van der Waals surface area contributed by atoms with Crippen LogP contribution in [0.3, 0.4) is 0 Å². The Bertz CT molecular complexity index is 282. The number of carbonyl (C=O) groups excluding carboxylic acids is 1. The molecule has 0 radical (unpaired) electrons. The van der Waals surface area contributed by atoms with Crippen LogP contribution < -0.4 is 5.32 Å². The second kappa shape index (κ2) is 6.34. The van der Waals surface area contributed by atoms with E-state index in [2.05, 4.69) is 11.9 Å². The molecule has 0 saturated heterocycles. The Morgan fingerprint density at radius 3 is 3.21 bits per heavy atom. The van der Waals surface area contributed by atoms with Crippen molar-refractivity contribution in [2.75, 3.05) is 13.1 Å². The zero-order valence-electron chi connectivity index (χ0n) is 7.86. The van der Waals surface area contributed by atoms with Crippen LogP contribution in [0.15, 0.2) is 30.2 Å². The highest BCUT2D eigenvalue weighted by atomic mass is 32.1. The molecule has 4 heteroatoms. The molecule has 1 aromatic rings. The Morgan fingerprint density at radius 1 is 1.71 bits per heavy atom. The zero-order valence-corrected chi connectivity index (χ0v) is 8.68. The minimum atomic E-state index is -0.236. The average molecular weight is 211 g/mol. The second-order valence-corrected chi connectivity index (χ2v) is 3.69. The lowest BCUT2D eigenvalue weighted by Gasteiger charge is -2.02. The van der Waals surface area contributed by atoms with Gasteiger partial charge in [0.05, 0.1) is 6.54 Å². The molecule has 0 aromatic carbocycles. The highest BCUT2D eigenvalue weighted by Crippen LogP contribution is 2.09. The normalized spacial score (nSPS) is 9.71. The molecule has 0 saturated carbocycles. The van der Waals surface area contributed by atoms with Crippen LogP contribution in [0.2, 0.25) is 0 Å². The van der Waals surface area contributed by atoms with Gasteiger partial charge >= 0.3 is 5.97 Å². The molecule has 0 atom stereocenters. The van der Waals surface area contributed by atoms with Crippen molar-refractivity contribution in [3.8, 4) is 0 Å². The Morgan fingerprint density at radius 2 is 2.57 bits per heavy atom. The summed E-state index contributed by atoms with van der Waals surface area (Å²) in [5.41, 5.74) is 0. The molecular formula is C10H13NO2S. The third kappa shape index (κ3) is 4.20. The minimum Gasteiger partial charge on any atom is -0.459 e. The van der Waals surface area contributed by atoms with Gasteiger partial charge in [-0.05, 0) is 11.4 Å². The summed E-state index contributed by atoms with van der Waals surface area (Å²) >= 11 is 1.58. The average Bonchev–Trinajstić information content (AvgIpc) is 2.68. The fraction of sp³-hybridized carbons (Fsp3) is 0.300. The molecule has 1 heterocycles. The minimum absolute atomic E-state index is 0.234. The van der Waals surface area contributed by atoms with Crippen molar-refractivity contribution < 1.29 is 9.53 Å². The summed E-state index contributed by atoms with van der Waals surface area (Å²) in [6.07, 6.45) is 1.70. The van der Waals surface area contributed by atoms with Crippen LogP contribution in [-0.4, -0.2) is 19.1 Å². The second-order valence-electron chi connectivity index (χ2n) is 2.66. The molecular weight excluding hydrogens is 198 g/mol. The summed E-state index contributed by atoms with van der Waals surface area (Å²) in [6, 6.07) is 3.87. The van der Waals surface area contributed by atoms with Crippen molar-refractivity contribution >= 4 is 17.3 Å². The molecule has 14 heavy (non-hydrogen) atoms. The van der Waals surface area contributed by atoms with Gasteiger partial charge in [-0.15, -0.1) is 17.9 Å². The van der Waals surface area contributed by atoms with Crippen LogP contribution >= 0.6 is 11.3 Å². The van der Waals surface area contributed by atoms with Gasteiger partial charge in [0.25, 0.3) is 0 Å². The lowest BCUT2D eigenvalue weighted by molar-refractivity contribution is -0.143. The molecule has 0 amide bonds. The van der Waals surface area contributed by atoms with E-state index in [1.54, 1.807) is 17.4 Å². The quantitative estimate of drug-likeness (QED) is 0.441. The first-order valence-corrected chi connectivity index (χ1v) is 5.20. The predicted molar refractivity (Wildman–Crippen MR) is 57.2 cm³/mol. The predicted octanol–water partition coefficient (Wildman–Crippen LogP) is 1.57. The van der Waals surface area contributed by atoms with E-state index < -0.39 is 0 Å². The fourth-order valence-corrected chi connectivity index (χ4v) is 1.49.